The number of thiazole rings is 1. The Bertz CT molecular complexity index is 766. The molecule has 0 aliphatic rings. The van der Waals surface area contributed by atoms with E-state index in [1.54, 1.807) is 11.3 Å². The number of hydrogen-bond donors (Lipinski definition) is 1. The summed E-state index contributed by atoms with van der Waals surface area (Å²) in [5, 5.41) is 3.13. The molecule has 0 aliphatic carbocycles. The quantitative estimate of drug-likeness (QED) is 0.731. The summed E-state index contributed by atoms with van der Waals surface area (Å²) >= 11 is 7.01. The van der Waals surface area contributed by atoms with Gasteiger partial charge in [-0.3, -0.25) is 4.57 Å². The van der Waals surface area contributed by atoms with Gasteiger partial charge < -0.3 is 4.98 Å². The minimum atomic E-state index is 0.666. The van der Waals surface area contributed by atoms with Crippen LogP contribution in [0.1, 0.15) is 16.3 Å². The van der Waals surface area contributed by atoms with Crippen LogP contribution in [0.5, 0.6) is 0 Å². The monoisotopic (exact) mass is 276 g/mol. The number of rotatable bonds is 2. The second-order valence-electron chi connectivity index (χ2n) is 4.20. The van der Waals surface area contributed by atoms with Crippen LogP contribution in [0, 0.1) is 18.6 Å². The van der Waals surface area contributed by atoms with E-state index in [0.29, 0.717) is 11.3 Å². The van der Waals surface area contributed by atoms with Crippen molar-refractivity contribution in [2.45, 2.75) is 20.4 Å². The number of hydrogen-bond acceptors (Lipinski definition) is 4. The van der Waals surface area contributed by atoms with Crippen molar-refractivity contribution >= 4 is 34.7 Å². The second kappa shape index (κ2) is 4.29. The number of nitrogens with one attached hydrogen (secondary N) is 1. The molecule has 3 heterocycles. The normalized spacial score (nSPS) is 11.2. The zero-order valence-corrected chi connectivity index (χ0v) is 11.7. The molecule has 0 spiro atoms. The lowest BCUT2D eigenvalue weighted by molar-refractivity contribution is 0.780. The van der Waals surface area contributed by atoms with Gasteiger partial charge in [-0.1, -0.05) is 0 Å². The summed E-state index contributed by atoms with van der Waals surface area (Å²) in [5.41, 5.74) is 4.08. The van der Waals surface area contributed by atoms with Crippen molar-refractivity contribution in [2.24, 2.45) is 0 Å². The highest BCUT2D eigenvalue weighted by Gasteiger charge is 2.09. The number of pyridine rings is 1. The predicted octanol–water partition coefficient (Wildman–Crippen LogP) is 3.22. The summed E-state index contributed by atoms with van der Waals surface area (Å²) < 4.78 is 2.68. The molecule has 92 valence electrons. The minimum Gasteiger partial charge on any atom is -0.329 e. The van der Waals surface area contributed by atoms with E-state index >= 15 is 0 Å². The van der Waals surface area contributed by atoms with Crippen LogP contribution in [0.15, 0.2) is 17.6 Å². The number of aromatic nitrogens is 4. The average molecular weight is 276 g/mol. The fraction of sp³-hybridized carbons (Fsp3) is 0.250. The highest BCUT2D eigenvalue weighted by Crippen LogP contribution is 2.17. The molecular formula is C12H12N4S2. The third-order valence-corrected chi connectivity index (χ3v) is 4.00. The molecule has 3 rings (SSSR count). The van der Waals surface area contributed by atoms with Gasteiger partial charge in [-0.2, -0.15) is 0 Å². The zero-order chi connectivity index (χ0) is 12.7. The fourth-order valence-electron chi connectivity index (χ4n) is 1.96. The van der Waals surface area contributed by atoms with E-state index < -0.39 is 0 Å². The third-order valence-electron chi connectivity index (χ3n) is 2.86. The molecule has 0 fully saturated rings. The van der Waals surface area contributed by atoms with Gasteiger partial charge in [-0.15, -0.1) is 11.3 Å². The van der Waals surface area contributed by atoms with E-state index in [2.05, 4.69) is 20.3 Å². The molecule has 3 aromatic heterocycles. The van der Waals surface area contributed by atoms with Gasteiger partial charge in [0.05, 0.1) is 22.8 Å². The summed E-state index contributed by atoms with van der Waals surface area (Å²) in [6.45, 7) is 4.72. The first kappa shape index (κ1) is 11.6. The van der Waals surface area contributed by atoms with Crippen LogP contribution < -0.4 is 0 Å². The van der Waals surface area contributed by atoms with E-state index in [-0.39, 0.29) is 0 Å². The summed E-state index contributed by atoms with van der Waals surface area (Å²) in [6, 6.07) is 1.98. The summed E-state index contributed by atoms with van der Waals surface area (Å²) in [6.07, 6.45) is 1.81. The molecule has 0 aliphatic heterocycles. The number of imidazole rings is 1. The molecular weight excluding hydrogens is 264 g/mol. The average Bonchev–Trinajstić information content (AvgIpc) is 2.87. The molecule has 3 aromatic rings. The van der Waals surface area contributed by atoms with Crippen LogP contribution in [-0.2, 0) is 6.54 Å². The number of nitrogens with zero attached hydrogens (tertiary/aromatic N) is 3. The minimum absolute atomic E-state index is 0.666. The molecule has 0 atom stereocenters. The zero-order valence-electron chi connectivity index (χ0n) is 10.1. The molecule has 0 saturated heterocycles. The Balaban J connectivity index is 2.14. The molecule has 4 nitrogen and oxygen atoms in total. The maximum atomic E-state index is 5.36. The molecule has 0 bridgehead atoms. The van der Waals surface area contributed by atoms with Gasteiger partial charge in [0.2, 0.25) is 0 Å². The van der Waals surface area contributed by atoms with Crippen LogP contribution >= 0.6 is 23.6 Å². The van der Waals surface area contributed by atoms with Crippen molar-refractivity contribution in [2.75, 3.05) is 0 Å². The van der Waals surface area contributed by atoms with E-state index in [0.717, 1.165) is 27.4 Å². The lowest BCUT2D eigenvalue weighted by atomic mass is 10.3. The van der Waals surface area contributed by atoms with E-state index in [4.69, 9.17) is 12.2 Å². The Labute approximate surface area is 113 Å². The maximum absolute atomic E-state index is 5.36. The van der Waals surface area contributed by atoms with Gasteiger partial charge in [-0.05, 0) is 37.7 Å². The first-order chi connectivity index (χ1) is 8.65. The fourth-order valence-corrected chi connectivity index (χ4v) is 2.82. The van der Waals surface area contributed by atoms with Gasteiger partial charge in [-0.25, -0.2) is 9.97 Å². The van der Waals surface area contributed by atoms with E-state index in [1.165, 1.54) is 0 Å². The predicted molar refractivity (Wildman–Crippen MR) is 75.6 cm³/mol. The van der Waals surface area contributed by atoms with Crippen molar-refractivity contribution in [3.8, 4) is 0 Å². The maximum Gasteiger partial charge on any atom is 0.179 e. The lowest BCUT2D eigenvalue weighted by Gasteiger charge is -2.01. The Hall–Kier alpha value is -1.53. The standard InChI is InChI=1S/C12H12N4S2/c1-7-3-4-13-11-10(7)15-12(17)16(11)5-9-6-18-8(2)14-9/h3-4,6H,5H2,1-2H3,(H,15,17). The Morgan fingerprint density at radius 1 is 1.44 bits per heavy atom. The van der Waals surface area contributed by atoms with Crippen molar-refractivity contribution in [1.82, 2.24) is 19.5 Å². The van der Waals surface area contributed by atoms with Crippen LogP contribution in [0.4, 0.5) is 0 Å². The topological polar surface area (TPSA) is 46.5 Å². The first-order valence-electron chi connectivity index (χ1n) is 5.60. The summed E-state index contributed by atoms with van der Waals surface area (Å²) in [7, 11) is 0. The number of aryl methyl sites for hydroxylation is 2. The molecule has 0 amide bonds. The first-order valence-corrected chi connectivity index (χ1v) is 6.89. The van der Waals surface area contributed by atoms with Crippen molar-refractivity contribution in [1.29, 1.82) is 0 Å². The van der Waals surface area contributed by atoms with Gasteiger partial charge in [0, 0.05) is 11.6 Å². The molecule has 18 heavy (non-hydrogen) atoms. The van der Waals surface area contributed by atoms with Gasteiger partial charge in [0.25, 0.3) is 0 Å². The Morgan fingerprint density at radius 3 is 3.00 bits per heavy atom. The highest BCUT2D eigenvalue weighted by molar-refractivity contribution is 7.71. The van der Waals surface area contributed by atoms with E-state index in [9.17, 15) is 0 Å². The van der Waals surface area contributed by atoms with Crippen molar-refractivity contribution in [3.05, 3.63) is 38.7 Å². The molecule has 0 unspecified atom stereocenters. The Kier molecular flexibility index (Phi) is 2.76. The molecule has 6 heteroatoms. The second-order valence-corrected chi connectivity index (χ2v) is 5.65. The Morgan fingerprint density at radius 2 is 2.28 bits per heavy atom. The SMILES string of the molecule is Cc1nc(Cn2c(=S)[nH]c3c(C)ccnc32)cs1. The van der Waals surface area contributed by atoms with Crippen LogP contribution in [0.3, 0.4) is 0 Å². The third kappa shape index (κ3) is 1.87. The van der Waals surface area contributed by atoms with Crippen molar-refractivity contribution < 1.29 is 0 Å². The lowest BCUT2D eigenvalue weighted by Crippen LogP contribution is -2.01. The van der Waals surface area contributed by atoms with Crippen LogP contribution in [0.2, 0.25) is 0 Å². The summed E-state index contributed by atoms with van der Waals surface area (Å²) in [5.74, 6) is 0. The molecule has 1 N–H and O–H groups in total. The highest BCUT2D eigenvalue weighted by atomic mass is 32.1. The molecule has 0 radical (unpaired) electrons. The number of aromatic amines is 1. The smallest absolute Gasteiger partial charge is 0.179 e. The van der Waals surface area contributed by atoms with E-state index in [1.807, 2.05) is 30.7 Å². The van der Waals surface area contributed by atoms with Gasteiger partial charge >= 0.3 is 0 Å². The molecule has 0 aromatic carbocycles. The van der Waals surface area contributed by atoms with Crippen molar-refractivity contribution in [3.63, 3.8) is 0 Å². The molecule has 0 saturated carbocycles. The number of H-pyrrole nitrogens is 1. The summed E-state index contributed by atoms with van der Waals surface area (Å²) in [4.78, 5) is 12.1. The van der Waals surface area contributed by atoms with Gasteiger partial charge in [0.1, 0.15) is 0 Å². The largest absolute Gasteiger partial charge is 0.329 e. The van der Waals surface area contributed by atoms with Crippen LogP contribution in [0.25, 0.3) is 11.2 Å². The van der Waals surface area contributed by atoms with Crippen LogP contribution in [-0.4, -0.2) is 19.5 Å². The number of fused-ring (bicyclic) bond motifs is 1. The van der Waals surface area contributed by atoms with Gasteiger partial charge in [0.15, 0.2) is 10.4 Å².